The SMILES string of the molecule is O=C1CC=NC(CC(CNC2CC(F)(F)C2)c2ccc(C#Cc3ccc(CN4CCOCC4)cc3)cc2)=C1O. The summed E-state index contributed by atoms with van der Waals surface area (Å²) in [4.78, 5) is 18.6. The van der Waals surface area contributed by atoms with E-state index in [9.17, 15) is 18.7 Å². The fraction of sp³-hybridized carbons (Fsp3) is 0.419. The first kappa shape index (κ1) is 27.2. The number of hydrogen-bond acceptors (Lipinski definition) is 6. The number of nitrogens with zero attached hydrogens (tertiary/aromatic N) is 2. The largest absolute Gasteiger partial charge is 0.503 e. The summed E-state index contributed by atoms with van der Waals surface area (Å²) in [6.45, 7) is 4.82. The van der Waals surface area contributed by atoms with Crippen molar-refractivity contribution in [2.24, 2.45) is 4.99 Å². The molecule has 1 saturated heterocycles. The molecule has 2 heterocycles. The number of aliphatic hydroxyl groups excluding tert-OH is 1. The number of benzene rings is 2. The van der Waals surface area contributed by atoms with Gasteiger partial charge in [-0.2, -0.15) is 0 Å². The van der Waals surface area contributed by atoms with Crippen LogP contribution in [-0.4, -0.2) is 66.8 Å². The van der Waals surface area contributed by atoms with Gasteiger partial charge in [-0.15, -0.1) is 0 Å². The highest BCUT2D eigenvalue weighted by Crippen LogP contribution is 2.38. The van der Waals surface area contributed by atoms with Crippen molar-refractivity contribution in [3.63, 3.8) is 0 Å². The minimum absolute atomic E-state index is 0.0827. The topological polar surface area (TPSA) is 74.2 Å². The van der Waals surface area contributed by atoms with E-state index in [0.717, 1.165) is 49.5 Å². The highest BCUT2D eigenvalue weighted by atomic mass is 19.3. The monoisotopic (exact) mass is 533 g/mol. The molecule has 1 saturated carbocycles. The molecule has 0 aromatic heterocycles. The van der Waals surface area contributed by atoms with Gasteiger partial charge in [-0.05, 0) is 35.4 Å². The van der Waals surface area contributed by atoms with Crippen molar-refractivity contribution in [2.75, 3.05) is 32.8 Å². The van der Waals surface area contributed by atoms with Crippen LogP contribution in [0.1, 0.15) is 53.9 Å². The fourth-order valence-corrected chi connectivity index (χ4v) is 5.06. The first-order chi connectivity index (χ1) is 18.8. The van der Waals surface area contributed by atoms with E-state index in [1.165, 1.54) is 11.8 Å². The van der Waals surface area contributed by atoms with Gasteiger partial charge in [-0.25, -0.2) is 8.78 Å². The van der Waals surface area contributed by atoms with Gasteiger partial charge in [0.05, 0.1) is 18.9 Å². The standard InChI is InChI=1S/C31H33F2N3O3/c32-31(33)18-27(19-31)35-20-26(17-28-30(38)29(37)11-12-34-28)25-9-7-23(8-10-25)2-1-22-3-5-24(6-4-22)21-36-13-15-39-16-14-36/h3-10,12,26-27,35,38H,11,13-21H2. The lowest BCUT2D eigenvalue weighted by Gasteiger charge is -2.36. The molecule has 5 rings (SSSR count). The van der Waals surface area contributed by atoms with Crippen molar-refractivity contribution in [1.29, 1.82) is 0 Å². The average Bonchev–Trinajstić information content (AvgIpc) is 2.93. The number of ether oxygens (including phenoxy) is 1. The van der Waals surface area contributed by atoms with E-state index in [-0.39, 0.29) is 42.8 Å². The van der Waals surface area contributed by atoms with E-state index in [1.807, 2.05) is 36.4 Å². The van der Waals surface area contributed by atoms with Gasteiger partial charge in [0, 0.05) is 81.2 Å². The normalized spacial score (nSPS) is 20.3. The number of halogens is 2. The summed E-state index contributed by atoms with van der Waals surface area (Å²) in [7, 11) is 0. The Kier molecular flexibility index (Phi) is 8.51. The maximum absolute atomic E-state index is 13.3. The lowest BCUT2D eigenvalue weighted by molar-refractivity contribution is -0.117. The predicted octanol–water partition coefficient (Wildman–Crippen LogP) is 4.59. The van der Waals surface area contributed by atoms with Crippen molar-refractivity contribution in [1.82, 2.24) is 10.2 Å². The van der Waals surface area contributed by atoms with Gasteiger partial charge >= 0.3 is 0 Å². The molecular formula is C31H33F2N3O3. The van der Waals surface area contributed by atoms with Crippen LogP contribution in [0.3, 0.4) is 0 Å². The predicted molar refractivity (Wildman–Crippen MR) is 146 cm³/mol. The number of aliphatic imine (C=N–C) groups is 1. The zero-order valence-corrected chi connectivity index (χ0v) is 21.8. The molecule has 2 aromatic rings. The number of hydrogen-bond donors (Lipinski definition) is 2. The molecule has 0 radical (unpaired) electrons. The van der Waals surface area contributed by atoms with Crippen molar-refractivity contribution in [2.45, 2.75) is 50.1 Å². The summed E-state index contributed by atoms with van der Waals surface area (Å²) in [5.74, 6) is 3.00. The fourth-order valence-electron chi connectivity index (χ4n) is 5.06. The van der Waals surface area contributed by atoms with Crippen molar-refractivity contribution in [3.8, 4) is 11.8 Å². The van der Waals surface area contributed by atoms with Crippen LogP contribution in [0.4, 0.5) is 8.78 Å². The molecule has 2 fully saturated rings. The van der Waals surface area contributed by atoms with Gasteiger partial charge in [0.25, 0.3) is 5.92 Å². The number of rotatable bonds is 8. The van der Waals surface area contributed by atoms with Crippen molar-refractivity contribution in [3.05, 3.63) is 82.2 Å². The summed E-state index contributed by atoms with van der Waals surface area (Å²) in [5.41, 5.74) is 4.33. The second-order valence-corrected chi connectivity index (χ2v) is 10.5. The third kappa shape index (κ3) is 7.39. The highest BCUT2D eigenvalue weighted by molar-refractivity contribution is 6.03. The lowest BCUT2D eigenvalue weighted by atomic mass is 9.86. The van der Waals surface area contributed by atoms with Crippen LogP contribution < -0.4 is 5.32 Å². The summed E-state index contributed by atoms with van der Waals surface area (Å²) >= 11 is 0. The van der Waals surface area contributed by atoms with Gasteiger partial charge in [0.15, 0.2) is 5.76 Å². The number of aliphatic hydroxyl groups is 1. The van der Waals surface area contributed by atoms with Crippen LogP contribution in [0.2, 0.25) is 0 Å². The Balaban J connectivity index is 1.24. The van der Waals surface area contributed by atoms with E-state index in [1.54, 1.807) is 0 Å². The smallest absolute Gasteiger partial charge is 0.251 e. The molecule has 8 heteroatoms. The first-order valence-corrected chi connectivity index (χ1v) is 13.4. The summed E-state index contributed by atoms with van der Waals surface area (Å²) in [6.07, 6.45) is 1.56. The molecule has 0 spiro atoms. The molecule has 2 aliphatic heterocycles. The number of alkyl halides is 2. The Morgan fingerprint density at radius 1 is 1.05 bits per heavy atom. The van der Waals surface area contributed by atoms with E-state index in [4.69, 9.17) is 4.74 Å². The second-order valence-electron chi connectivity index (χ2n) is 10.5. The van der Waals surface area contributed by atoms with Gasteiger partial charge in [0.1, 0.15) is 0 Å². The quantitative estimate of drug-likeness (QED) is 0.486. The van der Waals surface area contributed by atoms with Gasteiger partial charge in [-0.3, -0.25) is 14.7 Å². The zero-order valence-electron chi connectivity index (χ0n) is 21.8. The summed E-state index contributed by atoms with van der Waals surface area (Å²) < 4.78 is 32.0. The molecule has 1 atom stereocenters. The Bertz CT molecular complexity index is 1280. The third-order valence-electron chi connectivity index (χ3n) is 7.44. The van der Waals surface area contributed by atoms with Crippen LogP contribution in [0.5, 0.6) is 0 Å². The Labute approximate surface area is 227 Å². The molecule has 0 amide bonds. The summed E-state index contributed by atoms with van der Waals surface area (Å²) in [5, 5.41) is 13.5. The number of nitrogens with one attached hydrogen (secondary N) is 1. The number of morpholine rings is 1. The van der Waals surface area contributed by atoms with Gasteiger partial charge in [-0.1, -0.05) is 36.1 Å². The van der Waals surface area contributed by atoms with Crippen LogP contribution in [0.25, 0.3) is 0 Å². The van der Waals surface area contributed by atoms with Crippen LogP contribution in [-0.2, 0) is 16.1 Å². The van der Waals surface area contributed by atoms with Crippen molar-refractivity contribution >= 4 is 12.0 Å². The number of carbonyl (C=O) groups is 1. The molecule has 0 bridgehead atoms. The molecule has 39 heavy (non-hydrogen) atoms. The number of ketones is 1. The zero-order chi connectivity index (χ0) is 27.2. The summed E-state index contributed by atoms with van der Waals surface area (Å²) in [6, 6.07) is 15.8. The van der Waals surface area contributed by atoms with Crippen molar-refractivity contribution < 1.29 is 23.4 Å². The van der Waals surface area contributed by atoms with E-state index in [2.05, 4.69) is 39.2 Å². The van der Waals surface area contributed by atoms with E-state index >= 15 is 0 Å². The molecular weight excluding hydrogens is 500 g/mol. The maximum Gasteiger partial charge on any atom is 0.251 e. The van der Waals surface area contributed by atoms with Crippen LogP contribution >= 0.6 is 0 Å². The second kappa shape index (κ2) is 12.2. The molecule has 6 nitrogen and oxygen atoms in total. The Hall–Kier alpha value is -3.38. The average molecular weight is 534 g/mol. The number of Topliss-reactive ketones (excluding diaryl/α,β-unsaturated/α-hetero) is 1. The van der Waals surface area contributed by atoms with Gasteiger partial charge in [0.2, 0.25) is 5.78 Å². The Morgan fingerprint density at radius 3 is 2.33 bits per heavy atom. The third-order valence-corrected chi connectivity index (χ3v) is 7.44. The van der Waals surface area contributed by atoms with E-state index in [0.29, 0.717) is 18.7 Å². The number of carbonyl (C=O) groups excluding carboxylic acids is 1. The lowest BCUT2D eigenvalue weighted by Crippen LogP contribution is -2.49. The molecule has 3 aliphatic rings. The highest BCUT2D eigenvalue weighted by Gasteiger charge is 2.45. The Morgan fingerprint density at radius 2 is 1.69 bits per heavy atom. The first-order valence-electron chi connectivity index (χ1n) is 13.4. The molecule has 1 unspecified atom stereocenters. The minimum atomic E-state index is -2.60. The molecule has 2 N–H and O–H groups in total. The van der Waals surface area contributed by atoms with Crippen LogP contribution in [0.15, 0.2) is 65.0 Å². The molecule has 204 valence electrons. The molecule has 1 aliphatic carbocycles. The molecule has 2 aromatic carbocycles. The van der Waals surface area contributed by atoms with E-state index < -0.39 is 5.92 Å². The maximum atomic E-state index is 13.3. The number of allylic oxidation sites excluding steroid dienone is 2. The minimum Gasteiger partial charge on any atom is -0.503 e. The van der Waals surface area contributed by atoms with Gasteiger partial charge < -0.3 is 15.2 Å². The van der Waals surface area contributed by atoms with Crippen LogP contribution in [0, 0.1) is 11.8 Å².